The van der Waals surface area contributed by atoms with Crippen LogP contribution in [0.1, 0.15) is 11.1 Å². The summed E-state index contributed by atoms with van der Waals surface area (Å²) in [6.45, 7) is 0.276. The monoisotopic (exact) mass is 390 g/mol. The van der Waals surface area contributed by atoms with E-state index in [0.29, 0.717) is 11.3 Å². The van der Waals surface area contributed by atoms with Gasteiger partial charge in [-0.1, -0.05) is 40.3 Å². The number of ether oxygens (including phenoxy) is 1. The van der Waals surface area contributed by atoms with Gasteiger partial charge in [0.25, 0.3) is 0 Å². The molecule has 0 saturated heterocycles. The van der Waals surface area contributed by atoms with Gasteiger partial charge in [-0.2, -0.15) is 5.26 Å². The first kappa shape index (κ1) is 17.1. The van der Waals surface area contributed by atoms with E-state index in [2.05, 4.69) is 15.9 Å². The van der Waals surface area contributed by atoms with Gasteiger partial charge < -0.3 is 10.5 Å². The maximum atomic E-state index is 12.9. The number of nitrogens with two attached hydrogens (primary N) is 1. The molecular weight excluding hydrogens is 379 g/mol. The van der Waals surface area contributed by atoms with Crippen molar-refractivity contribution in [3.05, 3.63) is 69.5 Å². The van der Waals surface area contributed by atoms with Crippen molar-refractivity contribution in [2.24, 2.45) is 5.73 Å². The van der Waals surface area contributed by atoms with Crippen LogP contribution in [0.3, 0.4) is 0 Å². The Hall–Kier alpha value is -2.23. The molecule has 2 rings (SSSR count). The van der Waals surface area contributed by atoms with Crippen molar-refractivity contribution < 1.29 is 9.13 Å². The van der Waals surface area contributed by atoms with Gasteiger partial charge in [0.15, 0.2) is 0 Å². The molecule has 0 aliphatic heterocycles. The zero-order valence-corrected chi connectivity index (χ0v) is 14.3. The Bertz CT molecular complexity index is 797. The zero-order chi connectivity index (χ0) is 16.8. The highest BCUT2D eigenvalue weighted by atomic mass is 79.9. The van der Waals surface area contributed by atoms with Crippen LogP contribution in [-0.4, -0.2) is 4.99 Å². The van der Waals surface area contributed by atoms with E-state index >= 15 is 0 Å². The highest BCUT2D eigenvalue weighted by molar-refractivity contribution is 9.10. The second-order valence-electron chi connectivity index (χ2n) is 4.63. The second-order valence-corrected chi connectivity index (χ2v) is 5.99. The lowest BCUT2D eigenvalue weighted by Crippen LogP contribution is -2.09. The van der Waals surface area contributed by atoms with Crippen molar-refractivity contribution >= 4 is 39.2 Å². The van der Waals surface area contributed by atoms with E-state index in [1.807, 2.05) is 12.1 Å². The average Bonchev–Trinajstić information content (AvgIpc) is 2.53. The summed E-state index contributed by atoms with van der Waals surface area (Å²) < 4.78 is 19.5. The molecule has 0 spiro atoms. The van der Waals surface area contributed by atoms with Gasteiger partial charge in [0, 0.05) is 10.0 Å². The van der Waals surface area contributed by atoms with Crippen molar-refractivity contribution in [3.63, 3.8) is 0 Å². The van der Waals surface area contributed by atoms with Gasteiger partial charge in [-0.25, -0.2) is 4.39 Å². The summed E-state index contributed by atoms with van der Waals surface area (Å²) in [6, 6.07) is 13.4. The molecular formula is C17H12BrFN2OS. The van der Waals surface area contributed by atoms with Crippen LogP contribution in [0, 0.1) is 17.1 Å². The zero-order valence-electron chi connectivity index (χ0n) is 11.9. The van der Waals surface area contributed by atoms with Crippen LogP contribution in [0.25, 0.3) is 6.08 Å². The molecule has 116 valence electrons. The third-order valence-electron chi connectivity index (χ3n) is 2.97. The lowest BCUT2D eigenvalue weighted by Gasteiger charge is -2.10. The van der Waals surface area contributed by atoms with E-state index < -0.39 is 0 Å². The van der Waals surface area contributed by atoms with Crippen LogP contribution in [0.2, 0.25) is 0 Å². The van der Waals surface area contributed by atoms with Crippen LogP contribution in [0.4, 0.5) is 4.39 Å². The number of benzene rings is 2. The minimum absolute atomic E-state index is 0.0250. The molecule has 0 aromatic heterocycles. The highest BCUT2D eigenvalue weighted by Gasteiger charge is 2.07. The van der Waals surface area contributed by atoms with E-state index in [1.165, 1.54) is 12.1 Å². The lowest BCUT2D eigenvalue weighted by molar-refractivity contribution is 0.305. The molecule has 0 aliphatic rings. The minimum Gasteiger partial charge on any atom is -0.488 e. The highest BCUT2D eigenvalue weighted by Crippen LogP contribution is 2.26. The summed E-state index contributed by atoms with van der Waals surface area (Å²) in [4.78, 5) is 0.0250. The molecule has 0 bridgehead atoms. The smallest absolute Gasteiger partial charge is 0.127 e. The van der Waals surface area contributed by atoms with Crippen molar-refractivity contribution in [3.8, 4) is 11.8 Å². The average molecular weight is 391 g/mol. The van der Waals surface area contributed by atoms with Gasteiger partial charge >= 0.3 is 0 Å². The van der Waals surface area contributed by atoms with Crippen LogP contribution in [0.5, 0.6) is 5.75 Å². The van der Waals surface area contributed by atoms with Crippen LogP contribution in [0.15, 0.2) is 52.5 Å². The minimum atomic E-state index is -0.295. The van der Waals surface area contributed by atoms with Gasteiger partial charge in [0.1, 0.15) is 29.2 Å². The molecule has 0 atom stereocenters. The Kier molecular flexibility index (Phi) is 5.85. The maximum absolute atomic E-state index is 12.9. The number of halogens is 2. The van der Waals surface area contributed by atoms with Gasteiger partial charge in [-0.3, -0.25) is 0 Å². The molecule has 2 aromatic rings. The number of hydrogen-bond acceptors (Lipinski definition) is 3. The standard InChI is InChI=1S/C17H12BrFN2OS/c18-14-3-6-16(12(8-14)7-13(9-20)17(21)23)22-10-11-1-4-15(19)5-2-11/h1-8H,10H2,(H2,21,23)/b13-7-. The number of hydrogen-bond donors (Lipinski definition) is 1. The molecule has 0 unspecified atom stereocenters. The van der Waals surface area contributed by atoms with E-state index in [1.54, 1.807) is 30.3 Å². The summed E-state index contributed by atoms with van der Waals surface area (Å²) in [5, 5.41) is 9.08. The molecule has 2 aromatic carbocycles. The fourth-order valence-electron chi connectivity index (χ4n) is 1.82. The molecule has 2 N–H and O–H groups in total. The molecule has 0 fully saturated rings. The lowest BCUT2D eigenvalue weighted by atomic mass is 10.1. The third-order valence-corrected chi connectivity index (χ3v) is 3.68. The Morgan fingerprint density at radius 1 is 1.30 bits per heavy atom. The second kappa shape index (κ2) is 7.86. The van der Waals surface area contributed by atoms with E-state index in [4.69, 9.17) is 28.0 Å². The Labute approximate surface area is 147 Å². The van der Waals surface area contributed by atoms with Crippen LogP contribution >= 0.6 is 28.1 Å². The normalized spacial score (nSPS) is 10.9. The molecule has 0 saturated carbocycles. The van der Waals surface area contributed by atoms with Gasteiger partial charge in [0.05, 0.1) is 5.57 Å². The van der Waals surface area contributed by atoms with Gasteiger partial charge in [0.2, 0.25) is 0 Å². The summed E-state index contributed by atoms with van der Waals surface area (Å²) in [5.74, 6) is 0.276. The number of rotatable bonds is 5. The SMILES string of the molecule is N#C/C(=C/c1cc(Br)ccc1OCc1ccc(F)cc1)C(N)=S. The largest absolute Gasteiger partial charge is 0.488 e. The van der Waals surface area contributed by atoms with Crippen molar-refractivity contribution in [2.45, 2.75) is 6.61 Å². The van der Waals surface area contributed by atoms with Crippen LogP contribution < -0.4 is 10.5 Å². The number of nitriles is 1. The Morgan fingerprint density at radius 2 is 2.00 bits per heavy atom. The van der Waals surface area contributed by atoms with Gasteiger partial charge in [-0.05, 0) is 42.0 Å². The molecule has 23 heavy (non-hydrogen) atoms. The molecule has 3 nitrogen and oxygen atoms in total. The molecule has 0 aliphatic carbocycles. The van der Waals surface area contributed by atoms with E-state index in [9.17, 15) is 4.39 Å². The summed E-state index contributed by atoms with van der Waals surface area (Å²) >= 11 is 8.22. The Morgan fingerprint density at radius 3 is 2.61 bits per heavy atom. The molecule has 0 heterocycles. The first-order valence-electron chi connectivity index (χ1n) is 6.58. The van der Waals surface area contributed by atoms with Crippen LogP contribution in [-0.2, 0) is 6.61 Å². The third kappa shape index (κ3) is 4.88. The first-order valence-corrected chi connectivity index (χ1v) is 7.78. The summed E-state index contributed by atoms with van der Waals surface area (Å²) in [6.07, 6.45) is 1.58. The summed E-state index contributed by atoms with van der Waals surface area (Å²) in [7, 11) is 0. The maximum Gasteiger partial charge on any atom is 0.127 e. The van der Waals surface area contributed by atoms with Crippen molar-refractivity contribution in [1.82, 2.24) is 0 Å². The first-order chi connectivity index (χ1) is 11.0. The fraction of sp³-hybridized carbons (Fsp3) is 0.0588. The van der Waals surface area contributed by atoms with E-state index in [0.717, 1.165) is 10.0 Å². The predicted molar refractivity (Wildman–Crippen MR) is 95.2 cm³/mol. The predicted octanol–water partition coefficient (Wildman–Crippen LogP) is 4.36. The van der Waals surface area contributed by atoms with Crippen molar-refractivity contribution in [2.75, 3.05) is 0 Å². The molecule has 6 heteroatoms. The Balaban J connectivity index is 2.27. The topological polar surface area (TPSA) is 59.0 Å². The quantitative estimate of drug-likeness (QED) is 0.468. The van der Waals surface area contributed by atoms with E-state index in [-0.39, 0.29) is 23.0 Å². The molecule has 0 amide bonds. The molecule has 0 radical (unpaired) electrons. The number of thiocarbonyl (C=S) groups is 1. The van der Waals surface area contributed by atoms with Crippen molar-refractivity contribution in [1.29, 1.82) is 5.26 Å². The fourth-order valence-corrected chi connectivity index (χ4v) is 2.30. The number of nitrogens with zero attached hydrogens (tertiary/aromatic N) is 1. The summed E-state index contributed by atoms with van der Waals surface area (Å²) in [5.41, 5.74) is 7.22. The van der Waals surface area contributed by atoms with Gasteiger partial charge in [-0.15, -0.1) is 0 Å².